The standard InChI is InChI=1S/C15H22N2O3/c1-3-11-9-12(8-10(2)13(11)16)14(15(18)19)17-4-6-20-7-5-17/h8-9,14H,3-7,16H2,1-2H3,(H,18,19). The van der Waals surface area contributed by atoms with E-state index in [-0.39, 0.29) is 0 Å². The second-order valence-corrected chi connectivity index (χ2v) is 5.15. The number of ether oxygens (including phenoxy) is 1. The molecule has 2 rings (SSSR count). The van der Waals surface area contributed by atoms with Gasteiger partial charge in [-0.2, -0.15) is 0 Å². The lowest BCUT2D eigenvalue weighted by Gasteiger charge is -2.32. The Balaban J connectivity index is 2.38. The minimum absolute atomic E-state index is 0.582. The van der Waals surface area contributed by atoms with Gasteiger partial charge in [-0.25, -0.2) is 0 Å². The summed E-state index contributed by atoms with van der Waals surface area (Å²) in [7, 11) is 0. The third kappa shape index (κ3) is 2.94. The zero-order chi connectivity index (χ0) is 14.7. The number of hydrogen-bond acceptors (Lipinski definition) is 4. The molecule has 1 heterocycles. The number of nitrogens with two attached hydrogens (primary N) is 1. The number of morpholine rings is 1. The van der Waals surface area contributed by atoms with E-state index < -0.39 is 12.0 Å². The maximum Gasteiger partial charge on any atom is 0.325 e. The molecule has 5 nitrogen and oxygen atoms in total. The molecule has 0 bridgehead atoms. The van der Waals surface area contributed by atoms with Crippen LogP contribution in [0.5, 0.6) is 0 Å². The first-order valence-electron chi connectivity index (χ1n) is 6.98. The van der Waals surface area contributed by atoms with Crippen LogP contribution in [0.15, 0.2) is 12.1 Å². The molecule has 0 amide bonds. The zero-order valence-electron chi connectivity index (χ0n) is 12.1. The van der Waals surface area contributed by atoms with Crippen molar-refractivity contribution in [2.24, 2.45) is 0 Å². The second-order valence-electron chi connectivity index (χ2n) is 5.15. The van der Waals surface area contributed by atoms with E-state index in [0.717, 1.165) is 28.8 Å². The van der Waals surface area contributed by atoms with Crippen LogP contribution in [0.2, 0.25) is 0 Å². The van der Waals surface area contributed by atoms with Crippen LogP contribution >= 0.6 is 0 Å². The summed E-state index contributed by atoms with van der Waals surface area (Å²) in [6.07, 6.45) is 0.802. The highest BCUT2D eigenvalue weighted by molar-refractivity contribution is 5.76. The molecule has 1 aliphatic heterocycles. The molecule has 1 atom stereocenters. The summed E-state index contributed by atoms with van der Waals surface area (Å²) in [5.74, 6) is -0.821. The number of rotatable bonds is 4. The van der Waals surface area contributed by atoms with Gasteiger partial charge in [0, 0.05) is 18.8 Å². The Hall–Kier alpha value is -1.59. The lowest BCUT2D eigenvalue weighted by molar-refractivity contribution is -0.145. The Morgan fingerprint density at radius 1 is 1.45 bits per heavy atom. The van der Waals surface area contributed by atoms with Crippen LogP contribution in [0, 0.1) is 6.92 Å². The predicted octanol–water partition coefficient (Wildman–Crippen LogP) is 1.60. The van der Waals surface area contributed by atoms with Gasteiger partial charge in [-0.05, 0) is 30.0 Å². The smallest absolute Gasteiger partial charge is 0.325 e. The fraction of sp³-hybridized carbons (Fsp3) is 0.533. The fourth-order valence-corrected chi connectivity index (χ4v) is 2.70. The lowest BCUT2D eigenvalue weighted by atomic mass is 9.96. The van der Waals surface area contributed by atoms with Crippen molar-refractivity contribution in [3.63, 3.8) is 0 Å². The molecule has 1 saturated heterocycles. The maximum atomic E-state index is 11.7. The van der Waals surface area contributed by atoms with E-state index in [4.69, 9.17) is 10.5 Å². The Morgan fingerprint density at radius 2 is 2.10 bits per heavy atom. The van der Waals surface area contributed by atoms with Crippen molar-refractivity contribution in [1.82, 2.24) is 4.90 Å². The number of aryl methyl sites for hydroxylation is 2. The monoisotopic (exact) mass is 278 g/mol. The summed E-state index contributed by atoms with van der Waals surface area (Å²) in [6.45, 7) is 6.40. The number of benzene rings is 1. The van der Waals surface area contributed by atoms with E-state index in [1.807, 2.05) is 30.9 Å². The molecule has 20 heavy (non-hydrogen) atoms. The fourth-order valence-electron chi connectivity index (χ4n) is 2.70. The van der Waals surface area contributed by atoms with Gasteiger partial charge < -0.3 is 15.6 Å². The molecule has 0 aromatic heterocycles. The molecule has 5 heteroatoms. The van der Waals surface area contributed by atoms with Crippen LogP contribution in [0.1, 0.15) is 29.7 Å². The van der Waals surface area contributed by atoms with Gasteiger partial charge in [-0.15, -0.1) is 0 Å². The number of nitrogens with zero attached hydrogens (tertiary/aromatic N) is 1. The van der Waals surface area contributed by atoms with Gasteiger partial charge in [-0.3, -0.25) is 9.69 Å². The molecule has 1 aliphatic rings. The van der Waals surface area contributed by atoms with E-state index in [1.54, 1.807) is 0 Å². The van der Waals surface area contributed by atoms with Crippen molar-refractivity contribution < 1.29 is 14.6 Å². The topological polar surface area (TPSA) is 75.8 Å². The van der Waals surface area contributed by atoms with Gasteiger partial charge in [0.05, 0.1) is 13.2 Å². The highest BCUT2D eigenvalue weighted by atomic mass is 16.5. The highest BCUT2D eigenvalue weighted by Crippen LogP contribution is 2.28. The first-order valence-corrected chi connectivity index (χ1v) is 6.98. The molecule has 110 valence electrons. The van der Waals surface area contributed by atoms with E-state index in [2.05, 4.69) is 0 Å². The summed E-state index contributed by atoms with van der Waals surface area (Å²) in [6, 6.07) is 3.20. The summed E-state index contributed by atoms with van der Waals surface area (Å²) >= 11 is 0. The molecular formula is C15H22N2O3. The van der Waals surface area contributed by atoms with Crippen LogP contribution in [-0.4, -0.2) is 42.3 Å². The summed E-state index contributed by atoms with van der Waals surface area (Å²) < 4.78 is 5.30. The SMILES string of the molecule is CCc1cc(C(C(=O)O)N2CCOCC2)cc(C)c1N. The van der Waals surface area contributed by atoms with E-state index >= 15 is 0 Å². The average molecular weight is 278 g/mol. The minimum Gasteiger partial charge on any atom is -0.480 e. The van der Waals surface area contributed by atoms with E-state index in [9.17, 15) is 9.90 Å². The van der Waals surface area contributed by atoms with Gasteiger partial charge >= 0.3 is 5.97 Å². The number of anilines is 1. The van der Waals surface area contributed by atoms with Gasteiger partial charge in [0.2, 0.25) is 0 Å². The number of carbonyl (C=O) groups is 1. The zero-order valence-corrected chi connectivity index (χ0v) is 12.1. The number of carboxylic acids is 1. The quantitative estimate of drug-likeness (QED) is 0.818. The van der Waals surface area contributed by atoms with Crippen LogP contribution in [-0.2, 0) is 16.0 Å². The Bertz CT molecular complexity index is 496. The maximum absolute atomic E-state index is 11.7. The van der Waals surface area contributed by atoms with E-state index in [0.29, 0.717) is 26.3 Å². The van der Waals surface area contributed by atoms with Crippen molar-refractivity contribution >= 4 is 11.7 Å². The summed E-state index contributed by atoms with van der Waals surface area (Å²) in [5, 5.41) is 9.59. The Labute approximate surface area is 119 Å². The molecule has 0 saturated carbocycles. The molecule has 1 fully saturated rings. The third-order valence-electron chi connectivity index (χ3n) is 3.84. The van der Waals surface area contributed by atoms with Crippen molar-refractivity contribution in [2.75, 3.05) is 32.0 Å². The van der Waals surface area contributed by atoms with Gasteiger partial charge in [0.25, 0.3) is 0 Å². The highest BCUT2D eigenvalue weighted by Gasteiger charge is 2.29. The van der Waals surface area contributed by atoms with Crippen molar-refractivity contribution in [1.29, 1.82) is 0 Å². The number of nitrogen functional groups attached to an aromatic ring is 1. The van der Waals surface area contributed by atoms with Crippen molar-refractivity contribution in [3.05, 3.63) is 28.8 Å². The first kappa shape index (κ1) is 14.8. The molecule has 3 N–H and O–H groups in total. The molecule has 1 aromatic rings. The Morgan fingerprint density at radius 3 is 2.65 bits per heavy atom. The van der Waals surface area contributed by atoms with Gasteiger partial charge in [0.1, 0.15) is 6.04 Å². The molecule has 0 aliphatic carbocycles. The normalized spacial score (nSPS) is 17.9. The Kier molecular flexibility index (Phi) is 4.62. The third-order valence-corrected chi connectivity index (χ3v) is 3.84. The molecule has 0 radical (unpaired) electrons. The minimum atomic E-state index is -0.821. The van der Waals surface area contributed by atoms with Crippen molar-refractivity contribution in [3.8, 4) is 0 Å². The first-order chi connectivity index (χ1) is 9.54. The second kappa shape index (κ2) is 6.24. The molecule has 0 spiro atoms. The van der Waals surface area contributed by atoms with Gasteiger partial charge in [0.15, 0.2) is 0 Å². The lowest BCUT2D eigenvalue weighted by Crippen LogP contribution is -2.42. The molecule has 1 unspecified atom stereocenters. The predicted molar refractivity (Wildman–Crippen MR) is 77.7 cm³/mol. The number of carboxylic acid groups (broad SMARTS) is 1. The summed E-state index contributed by atoms with van der Waals surface area (Å²) in [4.78, 5) is 13.6. The molecular weight excluding hydrogens is 256 g/mol. The van der Waals surface area contributed by atoms with Crippen molar-refractivity contribution in [2.45, 2.75) is 26.3 Å². The van der Waals surface area contributed by atoms with Crippen LogP contribution in [0.4, 0.5) is 5.69 Å². The largest absolute Gasteiger partial charge is 0.480 e. The number of hydrogen-bond donors (Lipinski definition) is 2. The average Bonchev–Trinajstić information content (AvgIpc) is 2.43. The molecule has 1 aromatic carbocycles. The number of aliphatic carboxylic acids is 1. The summed E-state index contributed by atoms with van der Waals surface area (Å²) in [5.41, 5.74) is 9.57. The van der Waals surface area contributed by atoms with Crippen LogP contribution < -0.4 is 5.73 Å². The van der Waals surface area contributed by atoms with Gasteiger partial charge in [-0.1, -0.05) is 19.1 Å². The van der Waals surface area contributed by atoms with Crippen LogP contribution in [0.3, 0.4) is 0 Å². The van der Waals surface area contributed by atoms with Crippen LogP contribution in [0.25, 0.3) is 0 Å². The van der Waals surface area contributed by atoms with E-state index in [1.165, 1.54) is 0 Å².